The Bertz CT molecular complexity index is 819. The predicted molar refractivity (Wildman–Crippen MR) is 98.6 cm³/mol. The molecule has 1 aliphatic heterocycles. The molecule has 0 N–H and O–H groups in total. The lowest BCUT2D eigenvalue weighted by atomic mass is 10.2. The summed E-state index contributed by atoms with van der Waals surface area (Å²) in [5.41, 5.74) is 0.607. The summed E-state index contributed by atoms with van der Waals surface area (Å²) < 4.78 is 38.6. The number of piperazine rings is 1. The number of hydrogen-bond acceptors (Lipinski definition) is 4. The summed E-state index contributed by atoms with van der Waals surface area (Å²) in [6, 6.07) is 13.0. The molecule has 1 aliphatic rings. The van der Waals surface area contributed by atoms with E-state index in [0.717, 1.165) is 0 Å². The first-order valence-electron chi connectivity index (χ1n) is 8.16. The van der Waals surface area contributed by atoms with E-state index < -0.39 is 9.84 Å². The highest BCUT2D eigenvalue weighted by atomic mass is 35.5. The molecule has 1 fully saturated rings. The van der Waals surface area contributed by atoms with Crippen LogP contribution in [-0.4, -0.2) is 51.8 Å². The third kappa shape index (κ3) is 4.51. The third-order valence-corrected chi connectivity index (χ3v) is 6.38. The Morgan fingerprint density at radius 1 is 0.960 bits per heavy atom. The molecule has 0 aromatic heterocycles. The van der Waals surface area contributed by atoms with Crippen LogP contribution in [0.4, 0.5) is 10.1 Å². The summed E-state index contributed by atoms with van der Waals surface area (Å²) in [7, 11) is -3.32. The third-order valence-electron chi connectivity index (χ3n) is 4.41. The van der Waals surface area contributed by atoms with E-state index in [9.17, 15) is 12.8 Å². The molecule has 134 valence electrons. The standard InChI is InChI=1S/C18H20ClFN2O2S/c19-15-5-7-16(8-6-15)25(23,24)14-13-21-9-11-22(12-10-21)18-4-2-1-3-17(18)20/h1-8H,9-14H2. The molecule has 2 aromatic rings. The van der Waals surface area contributed by atoms with Crippen LogP contribution in [0, 0.1) is 5.82 Å². The Labute approximate surface area is 152 Å². The van der Waals surface area contributed by atoms with Crippen molar-refractivity contribution in [3.05, 3.63) is 59.4 Å². The molecule has 0 spiro atoms. The summed E-state index contributed by atoms with van der Waals surface area (Å²) in [6.07, 6.45) is 0. The number of hydrogen-bond donors (Lipinski definition) is 0. The number of para-hydroxylation sites is 1. The molecule has 0 amide bonds. The van der Waals surface area contributed by atoms with E-state index in [1.165, 1.54) is 18.2 Å². The number of anilines is 1. The lowest BCUT2D eigenvalue weighted by molar-refractivity contribution is 0.271. The van der Waals surface area contributed by atoms with E-state index in [1.54, 1.807) is 24.3 Å². The molecule has 0 aliphatic carbocycles. The molecular formula is C18H20ClFN2O2S. The zero-order valence-electron chi connectivity index (χ0n) is 13.7. The summed E-state index contributed by atoms with van der Waals surface area (Å²) in [4.78, 5) is 4.39. The normalized spacial score (nSPS) is 16.2. The second kappa shape index (κ2) is 7.72. The molecule has 4 nitrogen and oxygen atoms in total. The van der Waals surface area contributed by atoms with E-state index in [2.05, 4.69) is 4.90 Å². The first-order valence-corrected chi connectivity index (χ1v) is 10.2. The zero-order chi connectivity index (χ0) is 17.9. The SMILES string of the molecule is O=S(=O)(CCN1CCN(c2ccccc2F)CC1)c1ccc(Cl)cc1. The highest BCUT2D eigenvalue weighted by Crippen LogP contribution is 2.20. The smallest absolute Gasteiger partial charge is 0.179 e. The van der Waals surface area contributed by atoms with Gasteiger partial charge in [-0.05, 0) is 36.4 Å². The Hall–Kier alpha value is -1.63. The monoisotopic (exact) mass is 382 g/mol. The first kappa shape index (κ1) is 18.2. The van der Waals surface area contributed by atoms with Crippen molar-refractivity contribution in [1.82, 2.24) is 4.90 Å². The van der Waals surface area contributed by atoms with Gasteiger partial charge in [-0.1, -0.05) is 23.7 Å². The van der Waals surface area contributed by atoms with Crippen molar-refractivity contribution in [2.75, 3.05) is 43.4 Å². The van der Waals surface area contributed by atoms with Crippen LogP contribution >= 0.6 is 11.6 Å². The molecule has 0 saturated carbocycles. The fraction of sp³-hybridized carbons (Fsp3) is 0.333. The Morgan fingerprint density at radius 3 is 2.24 bits per heavy atom. The molecule has 1 heterocycles. The summed E-state index contributed by atoms with van der Waals surface area (Å²) in [5.74, 6) is -0.157. The molecule has 0 unspecified atom stereocenters. The molecule has 2 aromatic carbocycles. The molecular weight excluding hydrogens is 363 g/mol. The minimum absolute atomic E-state index is 0.0638. The van der Waals surface area contributed by atoms with Gasteiger partial charge in [0.05, 0.1) is 16.3 Å². The van der Waals surface area contributed by atoms with Crippen LogP contribution in [0.3, 0.4) is 0 Å². The van der Waals surface area contributed by atoms with Gasteiger partial charge in [-0.2, -0.15) is 0 Å². The predicted octanol–water partition coefficient (Wildman–Crippen LogP) is 3.08. The Balaban J connectivity index is 1.54. The van der Waals surface area contributed by atoms with E-state index in [1.807, 2.05) is 11.0 Å². The molecule has 3 rings (SSSR count). The molecule has 0 atom stereocenters. The van der Waals surface area contributed by atoms with Gasteiger partial charge in [0.1, 0.15) is 5.82 Å². The van der Waals surface area contributed by atoms with Crippen LogP contribution in [0.2, 0.25) is 5.02 Å². The van der Waals surface area contributed by atoms with E-state index >= 15 is 0 Å². The minimum Gasteiger partial charge on any atom is -0.367 e. The van der Waals surface area contributed by atoms with Gasteiger partial charge in [0, 0.05) is 37.7 Å². The first-order chi connectivity index (χ1) is 12.0. The summed E-state index contributed by atoms with van der Waals surface area (Å²) >= 11 is 5.80. The van der Waals surface area contributed by atoms with Crippen LogP contribution in [0.1, 0.15) is 0 Å². The van der Waals surface area contributed by atoms with Gasteiger partial charge in [-0.15, -0.1) is 0 Å². The van der Waals surface area contributed by atoms with Gasteiger partial charge in [0.15, 0.2) is 9.84 Å². The largest absolute Gasteiger partial charge is 0.367 e. The van der Waals surface area contributed by atoms with Gasteiger partial charge in [-0.25, -0.2) is 12.8 Å². The Morgan fingerprint density at radius 2 is 1.60 bits per heavy atom. The average molecular weight is 383 g/mol. The molecule has 7 heteroatoms. The van der Waals surface area contributed by atoms with E-state index in [-0.39, 0.29) is 11.6 Å². The van der Waals surface area contributed by atoms with Crippen molar-refractivity contribution in [3.8, 4) is 0 Å². The number of rotatable bonds is 5. The highest BCUT2D eigenvalue weighted by molar-refractivity contribution is 7.91. The van der Waals surface area contributed by atoms with Crippen LogP contribution < -0.4 is 4.90 Å². The van der Waals surface area contributed by atoms with Gasteiger partial charge in [-0.3, -0.25) is 4.90 Å². The van der Waals surface area contributed by atoms with Gasteiger partial charge in [0.25, 0.3) is 0 Å². The highest BCUT2D eigenvalue weighted by Gasteiger charge is 2.21. The van der Waals surface area contributed by atoms with Crippen molar-refractivity contribution in [3.63, 3.8) is 0 Å². The summed E-state index contributed by atoms with van der Waals surface area (Å²) in [5, 5.41) is 0.517. The molecule has 0 radical (unpaired) electrons. The van der Waals surface area contributed by atoms with Crippen LogP contribution in [0.5, 0.6) is 0 Å². The maximum absolute atomic E-state index is 13.8. The van der Waals surface area contributed by atoms with Crippen molar-refractivity contribution in [2.24, 2.45) is 0 Å². The second-order valence-corrected chi connectivity index (χ2v) is 8.60. The Kier molecular flexibility index (Phi) is 5.61. The van der Waals surface area contributed by atoms with Gasteiger partial charge < -0.3 is 4.90 Å². The van der Waals surface area contributed by atoms with Crippen molar-refractivity contribution in [2.45, 2.75) is 4.90 Å². The lowest BCUT2D eigenvalue weighted by Gasteiger charge is -2.36. The van der Waals surface area contributed by atoms with Gasteiger partial charge >= 0.3 is 0 Å². The van der Waals surface area contributed by atoms with Crippen molar-refractivity contribution < 1.29 is 12.8 Å². The lowest BCUT2D eigenvalue weighted by Crippen LogP contribution is -2.47. The fourth-order valence-electron chi connectivity index (χ4n) is 2.93. The average Bonchev–Trinajstić information content (AvgIpc) is 2.61. The van der Waals surface area contributed by atoms with E-state index in [0.29, 0.717) is 48.3 Å². The van der Waals surface area contributed by atoms with E-state index in [4.69, 9.17) is 11.6 Å². The number of halogens is 2. The molecule has 25 heavy (non-hydrogen) atoms. The van der Waals surface area contributed by atoms with Gasteiger partial charge in [0.2, 0.25) is 0 Å². The molecule has 1 saturated heterocycles. The quantitative estimate of drug-likeness (QED) is 0.796. The number of benzene rings is 2. The molecule has 0 bridgehead atoms. The van der Waals surface area contributed by atoms with Crippen molar-refractivity contribution >= 4 is 27.1 Å². The maximum Gasteiger partial charge on any atom is 0.179 e. The van der Waals surface area contributed by atoms with Crippen LogP contribution in [-0.2, 0) is 9.84 Å². The summed E-state index contributed by atoms with van der Waals surface area (Å²) in [6.45, 7) is 3.26. The minimum atomic E-state index is -3.32. The van der Waals surface area contributed by atoms with Crippen molar-refractivity contribution in [1.29, 1.82) is 0 Å². The number of nitrogens with zero attached hydrogens (tertiary/aromatic N) is 2. The zero-order valence-corrected chi connectivity index (χ0v) is 15.3. The maximum atomic E-state index is 13.8. The number of sulfone groups is 1. The van der Waals surface area contributed by atoms with Crippen LogP contribution in [0.25, 0.3) is 0 Å². The van der Waals surface area contributed by atoms with Crippen LogP contribution in [0.15, 0.2) is 53.4 Å². The fourth-order valence-corrected chi connectivity index (χ4v) is 4.34. The second-order valence-electron chi connectivity index (χ2n) is 6.05. The topological polar surface area (TPSA) is 40.6 Å².